The van der Waals surface area contributed by atoms with Crippen LogP contribution in [-0.2, 0) is 14.3 Å². The first-order valence-electron chi connectivity index (χ1n) is 6.26. The minimum Gasteiger partial charge on any atom is -0.479 e. The summed E-state index contributed by atoms with van der Waals surface area (Å²) in [5.41, 5.74) is 0.862. The Labute approximate surface area is 112 Å². The Balaban J connectivity index is 2.02. The van der Waals surface area contributed by atoms with Crippen LogP contribution in [0.25, 0.3) is 0 Å². The van der Waals surface area contributed by atoms with Crippen LogP contribution in [0, 0.1) is 0 Å². The van der Waals surface area contributed by atoms with Crippen molar-refractivity contribution in [1.29, 1.82) is 0 Å². The number of amides is 1. The van der Waals surface area contributed by atoms with Gasteiger partial charge < -0.3 is 14.4 Å². The standard InChI is InChI=1S/C14H17NO4/c1-10(14(17)18-2)19-12-7-5-11(6-8-12)15-9-3-4-13(15)16/h5-8,10H,3-4,9H2,1-2H3. The summed E-state index contributed by atoms with van der Waals surface area (Å²) >= 11 is 0. The fourth-order valence-electron chi connectivity index (χ4n) is 2.04. The monoisotopic (exact) mass is 263 g/mol. The summed E-state index contributed by atoms with van der Waals surface area (Å²) in [6.07, 6.45) is 0.859. The van der Waals surface area contributed by atoms with Crippen LogP contribution >= 0.6 is 0 Å². The minimum absolute atomic E-state index is 0.150. The fraction of sp³-hybridized carbons (Fsp3) is 0.429. The van der Waals surface area contributed by atoms with Crippen molar-refractivity contribution in [1.82, 2.24) is 0 Å². The molecule has 1 amide bonds. The van der Waals surface area contributed by atoms with E-state index in [-0.39, 0.29) is 5.91 Å². The van der Waals surface area contributed by atoms with Crippen LogP contribution in [-0.4, -0.2) is 31.6 Å². The summed E-state index contributed by atoms with van der Waals surface area (Å²) < 4.78 is 10.0. The molecule has 1 fully saturated rings. The molecular formula is C14H17NO4. The molecule has 1 unspecified atom stereocenters. The van der Waals surface area contributed by atoms with Gasteiger partial charge in [0.15, 0.2) is 6.10 Å². The SMILES string of the molecule is COC(=O)C(C)Oc1ccc(N2CCCC2=O)cc1. The van der Waals surface area contributed by atoms with Crippen molar-refractivity contribution in [3.63, 3.8) is 0 Å². The van der Waals surface area contributed by atoms with E-state index in [1.807, 2.05) is 12.1 Å². The highest BCUT2D eigenvalue weighted by Crippen LogP contribution is 2.24. The molecule has 2 rings (SSSR count). The molecule has 0 saturated carbocycles. The fourth-order valence-corrected chi connectivity index (χ4v) is 2.04. The zero-order valence-electron chi connectivity index (χ0n) is 11.1. The average Bonchev–Trinajstić information content (AvgIpc) is 2.85. The van der Waals surface area contributed by atoms with Crippen molar-refractivity contribution in [2.45, 2.75) is 25.9 Å². The largest absolute Gasteiger partial charge is 0.479 e. The van der Waals surface area contributed by atoms with Gasteiger partial charge in [0.2, 0.25) is 5.91 Å². The summed E-state index contributed by atoms with van der Waals surface area (Å²) in [6.45, 7) is 2.39. The van der Waals surface area contributed by atoms with Crippen LogP contribution in [0.2, 0.25) is 0 Å². The summed E-state index contributed by atoms with van der Waals surface area (Å²) in [5, 5.41) is 0. The van der Waals surface area contributed by atoms with E-state index >= 15 is 0 Å². The van der Waals surface area contributed by atoms with E-state index in [0.29, 0.717) is 12.2 Å². The number of hydrogen-bond donors (Lipinski definition) is 0. The van der Waals surface area contributed by atoms with Gasteiger partial charge >= 0.3 is 5.97 Å². The zero-order valence-corrected chi connectivity index (χ0v) is 11.1. The highest BCUT2D eigenvalue weighted by molar-refractivity contribution is 5.95. The number of carbonyl (C=O) groups is 2. The number of benzene rings is 1. The molecule has 1 aromatic carbocycles. The van der Waals surface area contributed by atoms with Gasteiger partial charge in [-0.25, -0.2) is 4.79 Å². The molecule has 102 valence electrons. The van der Waals surface area contributed by atoms with E-state index < -0.39 is 12.1 Å². The number of anilines is 1. The topological polar surface area (TPSA) is 55.8 Å². The lowest BCUT2D eigenvalue weighted by molar-refractivity contribution is -0.147. The molecule has 1 aromatic rings. The molecule has 0 aliphatic carbocycles. The number of carbonyl (C=O) groups excluding carboxylic acids is 2. The number of rotatable bonds is 4. The van der Waals surface area contributed by atoms with Crippen molar-refractivity contribution >= 4 is 17.6 Å². The van der Waals surface area contributed by atoms with E-state index in [1.54, 1.807) is 24.0 Å². The van der Waals surface area contributed by atoms with Crippen LogP contribution < -0.4 is 9.64 Å². The molecule has 0 N–H and O–H groups in total. The van der Waals surface area contributed by atoms with Crippen LogP contribution in [0.3, 0.4) is 0 Å². The van der Waals surface area contributed by atoms with Gasteiger partial charge in [-0.3, -0.25) is 4.79 Å². The minimum atomic E-state index is -0.649. The Morgan fingerprint density at radius 1 is 1.32 bits per heavy atom. The van der Waals surface area contributed by atoms with Crippen molar-refractivity contribution in [3.05, 3.63) is 24.3 Å². The smallest absolute Gasteiger partial charge is 0.346 e. The van der Waals surface area contributed by atoms with Gasteiger partial charge in [-0.1, -0.05) is 0 Å². The predicted molar refractivity (Wildman–Crippen MR) is 70.1 cm³/mol. The van der Waals surface area contributed by atoms with E-state index in [4.69, 9.17) is 4.74 Å². The van der Waals surface area contributed by atoms with Crippen LogP contribution in [0.15, 0.2) is 24.3 Å². The average molecular weight is 263 g/mol. The summed E-state index contributed by atoms with van der Waals surface area (Å²) in [7, 11) is 1.32. The van der Waals surface area contributed by atoms with Gasteiger partial charge in [0.25, 0.3) is 0 Å². The van der Waals surface area contributed by atoms with E-state index in [2.05, 4.69) is 4.74 Å². The molecule has 1 aliphatic heterocycles. The Morgan fingerprint density at radius 2 is 2.00 bits per heavy atom. The van der Waals surface area contributed by atoms with Gasteiger partial charge in [-0.15, -0.1) is 0 Å². The molecular weight excluding hydrogens is 246 g/mol. The number of methoxy groups -OCH3 is 1. The second-order valence-electron chi connectivity index (χ2n) is 4.43. The number of hydrogen-bond acceptors (Lipinski definition) is 4. The Bertz CT molecular complexity index is 469. The second kappa shape index (κ2) is 5.73. The van der Waals surface area contributed by atoms with Gasteiger partial charge in [-0.2, -0.15) is 0 Å². The van der Waals surface area contributed by atoms with Crippen molar-refractivity contribution < 1.29 is 19.1 Å². The lowest BCUT2D eigenvalue weighted by Gasteiger charge is -2.17. The first-order valence-corrected chi connectivity index (χ1v) is 6.26. The van der Waals surface area contributed by atoms with Crippen LogP contribution in [0.1, 0.15) is 19.8 Å². The molecule has 0 spiro atoms. The first kappa shape index (κ1) is 13.4. The molecule has 5 nitrogen and oxygen atoms in total. The molecule has 1 atom stereocenters. The lowest BCUT2D eigenvalue weighted by atomic mass is 10.2. The molecule has 1 aliphatic rings. The molecule has 19 heavy (non-hydrogen) atoms. The van der Waals surface area contributed by atoms with Gasteiger partial charge in [-0.05, 0) is 37.6 Å². The van der Waals surface area contributed by atoms with Gasteiger partial charge in [0.05, 0.1) is 7.11 Å². The Morgan fingerprint density at radius 3 is 2.53 bits per heavy atom. The Kier molecular flexibility index (Phi) is 4.04. The highest BCUT2D eigenvalue weighted by Gasteiger charge is 2.21. The zero-order chi connectivity index (χ0) is 13.8. The molecule has 1 saturated heterocycles. The van der Waals surface area contributed by atoms with Gasteiger partial charge in [0, 0.05) is 18.7 Å². The van der Waals surface area contributed by atoms with E-state index in [0.717, 1.165) is 18.7 Å². The number of esters is 1. The maximum Gasteiger partial charge on any atom is 0.346 e. The maximum absolute atomic E-state index is 11.6. The lowest BCUT2D eigenvalue weighted by Crippen LogP contribution is -2.25. The first-order chi connectivity index (χ1) is 9.11. The normalized spacial score (nSPS) is 16.3. The van der Waals surface area contributed by atoms with Crippen LogP contribution in [0.4, 0.5) is 5.69 Å². The van der Waals surface area contributed by atoms with Crippen molar-refractivity contribution in [2.24, 2.45) is 0 Å². The van der Waals surface area contributed by atoms with Crippen molar-refractivity contribution in [2.75, 3.05) is 18.6 Å². The second-order valence-corrected chi connectivity index (χ2v) is 4.43. The van der Waals surface area contributed by atoms with Crippen LogP contribution in [0.5, 0.6) is 5.75 Å². The molecule has 5 heteroatoms. The molecule has 0 radical (unpaired) electrons. The summed E-state index contributed by atoms with van der Waals surface area (Å²) in [5.74, 6) is 0.309. The predicted octanol–water partition coefficient (Wildman–Crippen LogP) is 1.75. The third-order valence-electron chi connectivity index (χ3n) is 3.07. The third kappa shape index (κ3) is 3.05. The number of nitrogens with zero attached hydrogens (tertiary/aromatic N) is 1. The van der Waals surface area contributed by atoms with Gasteiger partial charge in [0.1, 0.15) is 5.75 Å². The van der Waals surface area contributed by atoms with Crippen molar-refractivity contribution in [3.8, 4) is 5.75 Å². The quantitative estimate of drug-likeness (QED) is 0.777. The molecule has 0 aromatic heterocycles. The number of ether oxygens (including phenoxy) is 2. The molecule has 0 bridgehead atoms. The van der Waals surface area contributed by atoms with E-state index in [9.17, 15) is 9.59 Å². The summed E-state index contributed by atoms with van der Waals surface area (Å²) in [6, 6.07) is 7.14. The Hall–Kier alpha value is -2.04. The van der Waals surface area contributed by atoms with E-state index in [1.165, 1.54) is 7.11 Å². The molecule has 1 heterocycles. The maximum atomic E-state index is 11.6. The third-order valence-corrected chi connectivity index (χ3v) is 3.07. The highest BCUT2D eigenvalue weighted by atomic mass is 16.6. The summed E-state index contributed by atoms with van der Waals surface area (Å²) in [4.78, 5) is 24.6.